The lowest BCUT2D eigenvalue weighted by atomic mass is 10.2. The van der Waals surface area contributed by atoms with Crippen molar-refractivity contribution >= 4 is 33.4 Å². The average molecular weight is 293 g/mol. The van der Waals surface area contributed by atoms with Crippen LogP contribution in [0, 0.1) is 0 Å². The van der Waals surface area contributed by atoms with Gasteiger partial charge in [-0.1, -0.05) is 11.6 Å². The number of nitrogens with one attached hydrogen (secondary N) is 1. The van der Waals surface area contributed by atoms with Gasteiger partial charge in [0, 0.05) is 15.5 Å². The average Bonchev–Trinajstić information content (AvgIpc) is 2.21. The minimum absolute atomic E-state index is 0.0933. The summed E-state index contributed by atoms with van der Waals surface area (Å²) < 4.78 is 0.675. The summed E-state index contributed by atoms with van der Waals surface area (Å²) in [5.41, 5.74) is 0.461. The summed E-state index contributed by atoms with van der Waals surface area (Å²) in [4.78, 5) is 11.7. The molecule has 0 heterocycles. The molecule has 0 saturated carbocycles. The van der Waals surface area contributed by atoms with E-state index >= 15 is 0 Å². The highest BCUT2D eigenvalue weighted by Gasteiger charge is 2.12. The minimum atomic E-state index is -0.275. The van der Waals surface area contributed by atoms with Gasteiger partial charge in [-0.05, 0) is 41.1 Å². The van der Waals surface area contributed by atoms with Crippen molar-refractivity contribution in [2.75, 3.05) is 6.61 Å². The summed E-state index contributed by atoms with van der Waals surface area (Å²) in [7, 11) is 0. The lowest BCUT2D eigenvalue weighted by Gasteiger charge is -2.11. The van der Waals surface area contributed by atoms with E-state index in [4.69, 9.17) is 16.7 Å². The van der Waals surface area contributed by atoms with Crippen molar-refractivity contribution in [3.63, 3.8) is 0 Å². The Morgan fingerprint density at radius 1 is 1.67 bits per heavy atom. The fourth-order valence-corrected chi connectivity index (χ4v) is 1.62. The number of carbonyl (C=O) groups excluding carboxylic acids is 1. The number of benzene rings is 1. The van der Waals surface area contributed by atoms with Gasteiger partial charge in [0.2, 0.25) is 0 Å². The molecule has 0 aliphatic heterocycles. The summed E-state index contributed by atoms with van der Waals surface area (Å²) in [6.07, 6.45) is 0. The first-order chi connectivity index (χ1) is 7.04. The van der Waals surface area contributed by atoms with E-state index in [1.165, 1.54) is 0 Å². The Morgan fingerprint density at radius 3 is 2.93 bits per heavy atom. The van der Waals surface area contributed by atoms with Crippen LogP contribution >= 0.6 is 27.5 Å². The third-order valence-electron chi connectivity index (χ3n) is 1.82. The molecule has 1 aromatic rings. The second-order valence-corrected chi connectivity index (χ2v) is 4.47. The predicted octanol–water partition coefficient (Wildman–Crippen LogP) is 2.21. The van der Waals surface area contributed by atoms with E-state index < -0.39 is 0 Å². The molecule has 1 amide bonds. The second kappa shape index (κ2) is 5.49. The maximum absolute atomic E-state index is 11.7. The van der Waals surface area contributed by atoms with E-state index in [1.54, 1.807) is 25.1 Å². The number of amides is 1. The Bertz CT molecular complexity index is 370. The molecule has 0 aliphatic carbocycles. The van der Waals surface area contributed by atoms with Gasteiger partial charge in [0.25, 0.3) is 5.91 Å². The molecule has 3 nitrogen and oxygen atoms in total. The van der Waals surface area contributed by atoms with Crippen molar-refractivity contribution in [3.05, 3.63) is 33.3 Å². The van der Waals surface area contributed by atoms with Gasteiger partial charge in [-0.15, -0.1) is 0 Å². The van der Waals surface area contributed by atoms with Gasteiger partial charge in [-0.25, -0.2) is 0 Å². The Balaban J connectivity index is 2.86. The number of halogens is 2. The fraction of sp³-hybridized carbons (Fsp3) is 0.300. The molecule has 0 unspecified atom stereocenters. The van der Waals surface area contributed by atoms with Crippen molar-refractivity contribution in [2.24, 2.45) is 0 Å². The molecule has 0 aromatic heterocycles. The third kappa shape index (κ3) is 3.48. The van der Waals surface area contributed by atoms with Crippen molar-refractivity contribution in [2.45, 2.75) is 13.0 Å². The molecule has 0 aliphatic rings. The summed E-state index contributed by atoms with van der Waals surface area (Å²) in [5, 5.41) is 11.9. The van der Waals surface area contributed by atoms with Gasteiger partial charge in [-0.2, -0.15) is 0 Å². The van der Waals surface area contributed by atoms with Crippen LogP contribution in [-0.4, -0.2) is 23.7 Å². The number of rotatable bonds is 3. The van der Waals surface area contributed by atoms with Crippen LogP contribution in [0.1, 0.15) is 17.3 Å². The van der Waals surface area contributed by atoms with Crippen molar-refractivity contribution < 1.29 is 9.90 Å². The molecule has 2 N–H and O–H groups in total. The molecule has 1 aromatic carbocycles. The number of carbonyl (C=O) groups is 1. The molecule has 0 bridgehead atoms. The van der Waals surface area contributed by atoms with Gasteiger partial charge in [-0.3, -0.25) is 4.79 Å². The molecule has 0 spiro atoms. The topological polar surface area (TPSA) is 49.3 Å². The van der Waals surface area contributed by atoms with Crippen LogP contribution in [-0.2, 0) is 0 Å². The number of aliphatic hydroxyl groups is 1. The van der Waals surface area contributed by atoms with E-state index in [0.29, 0.717) is 15.1 Å². The third-order valence-corrected chi connectivity index (χ3v) is 2.75. The van der Waals surface area contributed by atoms with Crippen LogP contribution in [0.15, 0.2) is 22.7 Å². The Labute approximate surface area is 102 Å². The first-order valence-electron chi connectivity index (χ1n) is 4.41. The van der Waals surface area contributed by atoms with E-state index in [1.807, 2.05) is 0 Å². The smallest absolute Gasteiger partial charge is 0.252 e. The summed E-state index contributed by atoms with van der Waals surface area (Å²) in [5.74, 6) is -0.258. The van der Waals surface area contributed by atoms with E-state index in [0.717, 1.165) is 0 Å². The van der Waals surface area contributed by atoms with Crippen LogP contribution < -0.4 is 5.32 Å². The summed E-state index contributed by atoms with van der Waals surface area (Å²) >= 11 is 9.04. The monoisotopic (exact) mass is 291 g/mol. The van der Waals surface area contributed by atoms with Crippen LogP contribution in [0.4, 0.5) is 0 Å². The first kappa shape index (κ1) is 12.5. The second-order valence-electron chi connectivity index (χ2n) is 3.18. The molecule has 0 saturated heterocycles. The standard InChI is InChI=1S/C10H11BrClNO2/c1-6(5-14)13-10(15)8-4-7(12)2-3-9(8)11/h2-4,6,14H,5H2,1H3,(H,13,15)/t6-/m0/s1. The van der Waals surface area contributed by atoms with Crippen molar-refractivity contribution in [3.8, 4) is 0 Å². The van der Waals surface area contributed by atoms with Gasteiger partial charge in [0.15, 0.2) is 0 Å². The normalized spacial score (nSPS) is 12.3. The van der Waals surface area contributed by atoms with Crippen LogP contribution in [0.2, 0.25) is 5.02 Å². The molecule has 1 rings (SSSR count). The van der Waals surface area contributed by atoms with E-state index in [9.17, 15) is 4.79 Å². The molecule has 0 radical (unpaired) electrons. The lowest BCUT2D eigenvalue weighted by Crippen LogP contribution is -2.35. The Hall–Kier alpha value is -0.580. The zero-order chi connectivity index (χ0) is 11.4. The molecular formula is C10H11BrClNO2. The molecule has 0 fully saturated rings. The summed E-state index contributed by atoms with van der Waals surface area (Å²) in [6, 6.07) is 4.70. The Morgan fingerprint density at radius 2 is 2.33 bits per heavy atom. The van der Waals surface area contributed by atoms with Gasteiger partial charge >= 0.3 is 0 Å². The number of hydrogen-bond donors (Lipinski definition) is 2. The first-order valence-corrected chi connectivity index (χ1v) is 5.58. The highest BCUT2D eigenvalue weighted by molar-refractivity contribution is 9.10. The van der Waals surface area contributed by atoms with Gasteiger partial charge in [0.1, 0.15) is 0 Å². The maximum atomic E-state index is 11.7. The molecule has 1 atom stereocenters. The SMILES string of the molecule is C[C@@H](CO)NC(=O)c1cc(Cl)ccc1Br. The zero-order valence-electron chi connectivity index (χ0n) is 8.13. The predicted molar refractivity (Wildman–Crippen MR) is 63.2 cm³/mol. The molecule has 15 heavy (non-hydrogen) atoms. The molecular weight excluding hydrogens is 281 g/mol. The Kier molecular flexibility index (Phi) is 4.57. The van der Waals surface area contributed by atoms with E-state index in [2.05, 4.69) is 21.2 Å². The van der Waals surface area contributed by atoms with Crippen LogP contribution in [0.25, 0.3) is 0 Å². The van der Waals surface area contributed by atoms with Crippen molar-refractivity contribution in [1.29, 1.82) is 0 Å². The lowest BCUT2D eigenvalue weighted by molar-refractivity contribution is 0.0921. The van der Waals surface area contributed by atoms with Gasteiger partial charge in [0.05, 0.1) is 12.2 Å². The fourth-order valence-electron chi connectivity index (χ4n) is 1.02. The van der Waals surface area contributed by atoms with Crippen LogP contribution in [0.3, 0.4) is 0 Å². The van der Waals surface area contributed by atoms with Crippen molar-refractivity contribution in [1.82, 2.24) is 5.32 Å². The quantitative estimate of drug-likeness (QED) is 0.897. The van der Waals surface area contributed by atoms with Crippen LogP contribution in [0.5, 0.6) is 0 Å². The highest BCUT2D eigenvalue weighted by Crippen LogP contribution is 2.21. The number of hydrogen-bond acceptors (Lipinski definition) is 2. The highest BCUT2D eigenvalue weighted by atomic mass is 79.9. The van der Waals surface area contributed by atoms with E-state index in [-0.39, 0.29) is 18.6 Å². The molecule has 82 valence electrons. The summed E-state index contributed by atoms with van der Waals surface area (Å²) in [6.45, 7) is 1.63. The molecule has 5 heteroatoms. The minimum Gasteiger partial charge on any atom is -0.394 e. The zero-order valence-corrected chi connectivity index (χ0v) is 10.5. The largest absolute Gasteiger partial charge is 0.394 e. The number of aliphatic hydroxyl groups excluding tert-OH is 1. The van der Waals surface area contributed by atoms with Gasteiger partial charge < -0.3 is 10.4 Å². The maximum Gasteiger partial charge on any atom is 0.252 e.